The molecule has 1 aliphatic heterocycles. The third kappa shape index (κ3) is 4.18. The third-order valence-electron chi connectivity index (χ3n) is 3.58. The molecule has 5 nitrogen and oxygen atoms in total. The molecule has 1 aliphatic rings. The molecule has 0 radical (unpaired) electrons. The van der Waals surface area contributed by atoms with E-state index >= 15 is 0 Å². The molecule has 0 aliphatic carbocycles. The van der Waals surface area contributed by atoms with Gasteiger partial charge >= 0.3 is 0 Å². The smallest absolute Gasteiger partial charge is 0.244 e. The summed E-state index contributed by atoms with van der Waals surface area (Å²) in [6.07, 6.45) is 1.54. The van der Waals surface area contributed by atoms with Gasteiger partial charge in [-0.15, -0.1) is 0 Å². The molecule has 0 saturated carbocycles. The highest BCUT2D eigenvalue weighted by Gasteiger charge is 2.33. The molecular weight excluding hydrogens is 356 g/mol. The monoisotopic (exact) mass is 376 g/mol. The van der Waals surface area contributed by atoms with Crippen LogP contribution in [0.2, 0.25) is 0 Å². The quantitative estimate of drug-likeness (QED) is 0.826. The Hall–Kier alpha value is -0.630. The van der Waals surface area contributed by atoms with E-state index in [-0.39, 0.29) is 4.90 Å². The fraction of sp³-hybridized carbons (Fsp3) is 0.571. The van der Waals surface area contributed by atoms with Gasteiger partial charge in [-0.2, -0.15) is 0 Å². The molecule has 0 amide bonds. The van der Waals surface area contributed by atoms with Crippen LogP contribution in [0.5, 0.6) is 5.75 Å². The number of nitrogens with one attached hydrogen (secondary N) is 2. The lowest BCUT2D eigenvalue weighted by molar-refractivity contribution is 0.305. The van der Waals surface area contributed by atoms with Crippen molar-refractivity contribution in [1.82, 2.24) is 10.0 Å². The molecule has 118 valence electrons. The van der Waals surface area contributed by atoms with Gasteiger partial charge in [0, 0.05) is 10.0 Å². The van der Waals surface area contributed by atoms with Crippen molar-refractivity contribution in [2.45, 2.75) is 37.1 Å². The number of piperidine rings is 1. The third-order valence-corrected chi connectivity index (χ3v) is 5.74. The lowest BCUT2D eigenvalue weighted by Gasteiger charge is -2.34. The van der Waals surface area contributed by atoms with Crippen LogP contribution in [-0.2, 0) is 10.0 Å². The summed E-state index contributed by atoms with van der Waals surface area (Å²) >= 11 is 3.32. The summed E-state index contributed by atoms with van der Waals surface area (Å²) in [6, 6.07) is 5.03. The van der Waals surface area contributed by atoms with Crippen molar-refractivity contribution in [3.05, 3.63) is 22.7 Å². The van der Waals surface area contributed by atoms with Gasteiger partial charge in [-0.25, -0.2) is 13.1 Å². The molecule has 0 unspecified atom stereocenters. The van der Waals surface area contributed by atoms with E-state index in [2.05, 4.69) is 26.0 Å². The second-order valence-electron chi connectivity index (χ2n) is 5.44. The van der Waals surface area contributed by atoms with E-state index in [1.54, 1.807) is 18.2 Å². The van der Waals surface area contributed by atoms with Gasteiger partial charge in [0.25, 0.3) is 0 Å². The highest BCUT2D eigenvalue weighted by molar-refractivity contribution is 9.10. The van der Waals surface area contributed by atoms with E-state index < -0.39 is 15.6 Å². The standard InChI is InChI=1S/C14H21BrN2O3S/c1-3-20-12-5-4-11(15)10-13(12)21(18,19)17-14(2)6-8-16-9-7-14/h4-5,10,16-17H,3,6-9H2,1-2H3. The minimum absolute atomic E-state index is 0.179. The van der Waals surface area contributed by atoms with Crippen LogP contribution >= 0.6 is 15.9 Å². The molecule has 0 spiro atoms. The van der Waals surface area contributed by atoms with Crippen molar-refractivity contribution in [1.29, 1.82) is 0 Å². The molecule has 0 aromatic heterocycles. The van der Waals surface area contributed by atoms with Gasteiger partial charge in [-0.05, 0) is 58.0 Å². The maximum atomic E-state index is 12.7. The molecule has 1 heterocycles. The van der Waals surface area contributed by atoms with E-state index in [0.717, 1.165) is 25.9 Å². The van der Waals surface area contributed by atoms with Crippen LogP contribution in [0.25, 0.3) is 0 Å². The Morgan fingerprint density at radius 3 is 2.67 bits per heavy atom. The summed E-state index contributed by atoms with van der Waals surface area (Å²) in [4.78, 5) is 0.179. The fourth-order valence-electron chi connectivity index (χ4n) is 2.43. The molecule has 7 heteroatoms. The Morgan fingerprint density at radius 2 is 2.05 bits per heavy atom. The van der Waals surface area contributed by atoms with E-state index in [1.165, 1.54) is 0 Å². The average molecular weight is 377 g/mol. The van der Waals surface area contributed by atoms with Gasteiger partial charge < -0.3 is 10.1 Å². The van der Waals surface area contributed by atoms with E-state index in [1.807, 2.05) is 13.8 Å². The van der Waals surface area contributed by atoms with E-state index in [9.17, 15) is 8.42 Å². The highest BCUT2D eigenvalue weighted by atomic mass is 79.9. The van der Waals surface area contributed by atoms with Crippen LogP contribution in [-0.4, -0.2) is 33.7 Å². The predicted molar refractivity (Wildman–Crippen MR) is 86.1 cm³/mol. The molecule has 2 N–H and O–H groups in total. The minimum Gasteiger partial charge on any atom is -0.492 e. The summed E-state index contributed by atoms with van der Waals surface area (Å²) in [5, 5.41) is 3.24. The Kier molecular flexibility index (Phi) is 5.29. The summed E-state index contributed by atoms with van der Waals surface area (Å²) in [7, 11) is -3.63. The minimum atomic E-state index is -3.63. The number of ether oxygens (including phenoxy) is 1. The SMILES string of the molecule is CCOc1ccc(Br)cc1S(=O)(=O)NC1(C)CCNCC1. The van der Waals surface area contributed by atoms with Gasteiger partial charge in [-0.3, -0.25) is 0 Å². The van der Waals surface area contributed by atoms with Crippen molar-refractivity contribution in [3.8, 4) is 5.75 Å². The topological polar surface area (TPSA) is 67.4 Å². The lowest BCUT2D eigenvalue weighted by Crippen LogP contribution is -2.52. The van der Waals surface area contributed by atoms with Gasteiger partial charge in [0.1, 0.15) is 10.6 Å². The first-order chi connectivity index (χ1) is 9.86. The van der Waals surface area contributed by atoms with Crippen molar-refractivity contribution in [2.24, 2.45) is 0 Å². The zero-order valence-corrected chi connectivity index (χ0v) is 14.7. The number of benzene rings is 1. The molecule has 1 aromatic carbocycles. The van der Waals surface area contributed by atoms with Crippen LogP contribution in [0.15, 0.2) is 27.6 Å². The fourth-order valence-corrected chi connectivity index (χ4v) is 4.58. The Balaban J connectivity index is 2.32. The summed E-state index contributed by atoms with van der Waals surface area (Å²) < 4.78 is 34.4. The van der Waals surface area contributed by atoms with E-state index in [4.69, 9.17) is 4.74 Å². The summed E-state index contributed by atoms with van der Waals surface area (Å²) in [6.45, 7) is 5.83. The maximum absolute atomic E-state index is 12.7. The average Bonchev–Trinajstić information content (AvgIpc) is 2.40. The number of halogens is 1. The lowest BCUT2D eigenvalue weighted by atomic mass is 9.92. The van der Waals surface area contributed by atoms with Gasteiger partial charge in [0.2, 0.25) is 10.0 Å². The molecule has 0 bridgehead atoms. The summed E-state index contributed by atoms with van der Waals surface area (Å²) in [5.41, 5.74) is -0.421. The van der Waals surface area contributed by atoms with Crippen molar-refractivity contribution < 1.29 is 13.2 Å². The summed E-state index contributed by atoms with van der Waals surface area (Å²) in [5.74, 6) is 0.380. The largest absolute Gasteiger partial charge is 0.492 e. The van der Waals surface area contributed by atoms with E-state index in [0.29, 0.717) is 16.8 Å². The van der Waals surface area contributed by atoms with Crippen LogP contribution < -0.4 is 14.8 Å². The molecule has 0 atom stereocenters. The second kappa shape index (κ2) is 6.64. The van der Waals surface area contributed by atoms with Crippen LogP contribution in [0, 0.1) is 0 Å². The van der Waals surface area contributed by atoms with Crippen molar-refractivity contribution >= 4 is 26.0 Å². The van der Waals surface area contributed by atoms with Gasteiger partial charge in [-0.1, -0.05) is 15.9 Å². The first kappa shape index (κ1) is 16.7. The Morgan fingerprint density at radius 1 is 1.38 bits per heavy atom. The molecule has 2 rings (SSSR count). The van der Waals surface area contributed by atoms with Crippen LogP contribution in [0.4, 0.5) is 0 Å². The molecule has 1 saturated heterocycles. The number of sulfonamides is 1. The van der Waals surface area contributed by atoms with Crippen molar-refractivity contribution in [2.75, 3.05) is 19.7 Å². The molecule has 1 aromatic rings. The molecular formula is C14H21BrN2O3S. The van der Waals surface area contributed by atoms with Crippen LogP contribution in [0.1, 0.15) is 26.7 Å². The zero-order valence-electron chi connectivity index (χ0n) is 12.3. The zero-order chi connectivity index (χ0) is 15.5. The van der Waals surface area contributed by atoms with Gasteiger partial charge in [0.15, 0.2) is 0 Å². The van der Waals surface area contributed by atoms with Gasteiger partial charge in [0.05, 0.1) is 6.61 Å². The number of hydrogen-bond donors (Lipinski definition) is 2. The normalized spacial score (nSPS) is 18.4. The van der Waals surface area contributed by atoms with Crippen molar-refractivity contribution in [3.63, 3.8) is 0 Å². The highest BCUT2D eigenvalue weighted by Crippen LogP contribution is 2.29. The number of hydrogen-bond acceptors (Lipinski definition) is 4. The second-order valence-corrected chi connectivity index (χ2v) is 8.01. The molecule has 1 fully saturated rings. The predicted octanol–water partition coefficient (Wildman–Crippen LogP) is 2.27. The molecule has 21 heavy (non-hydrogen) atoms. The first-order valence-electron chi connectivity index (χ1n) is 7.03. The maximum Gasteiger partial charge on any atom is 0.244 e. The number of rotatable bonds is 5. The Labute approximate surface area is 134 Å². The van der Waals surface area contributed by atoms with Crippen LogP contribution in [0.3, 0.4) is 0 Å². The Bertz CT molecular complexity index is 598. The first-order valence-corrected chi connectivity index (χ1v) is 9.31.